The number of benzene rings is 1. The summed E-state index contributed by atoms with van der Waals surface area (Å²) in [4.78, 5) is 8.91. The molecular formula is C17H18N4O2S. The second-order valence-electron chi connectivity index (χ2n) is 5.15. The van der Waals surface area contributed by atoms with Crippen LogP contribution in [0.5, 0.6) is 11.5 Å². The predicted molar refractivity (Wildman–Crippen MR) is 93.5 cm³/mol. The lowest BCUT2D eigenvalue weighted by Gasteiger charge is -2.07. The fourth-order valence-electron chi connectivity index (χ4n) is 2.14. The highest BCUT2D eigenvalue weighted by Gasteiger charge is 2.13. The quantitative estimate of drug-likeness (QED) is 0.691. The van der Waals surface area contributed by atoms with Crippen molar-refractivity contribution in [3.8, 4) is 22.9 Å². The number of nitrogens with one attached hydrogen (secondary N) is 1. The molecule has 0 saturated heterocycles. The molecule has 0 aliphatic heterocycles. The second-order valence-corrected chi connectivity index (χ2v) is 6.11. The van der Waals surface area contributed by atoms with E-state index in [2.05, 4.69) is 26.2 Å². The second kappa shape index (κ2) is 7.35. The van der Waals surface area contributed by atoms with Crippen LogP contribution in [-0.4, -0.2) is 34.4 Å². The van der Waals surface area contributed by atoms with Crippen LogP contribution in [0, 0.1) is 6.92 Å². The van der Waals surface area contributed by atoms with E-state index in [4.69, 9.17) is 9.47 Å². The molecule has 0 saturated carbocycles. The van der Waals surface area contributed by atoms with Crippen molar-refractivity contribution in [1.82, 2.24) is 20.2 Å². The summed E-state index contributed by atoms with van der Waals surface area (Å²) in [5, 5.41) is 7.97. The third-order valence-corrected chi connectivity index (χ3v) is 4.34. The Labute approximate surface area is 144 Å². The average Bonchev–Trinajstić information content (AvgIpc) is 3.09. The van der Waals surface area contributed by atoms with Gasteiger partial charge in [0.15, 0.2) is 11.0 Å². The van der Waals surface area contributed by atoms with Crippen molar-refractivity contribution in [3.05, 3.63) is 47.8 Å². The first-order chi connectivity index (χ1) is 11.7. The largest absolute Gasteiger partial charge is 0.497 e. The zero-order chi connectivity index (χ0) is 16.9. The first-order valence-corrected chi connectivity index (χ1v) is 8.37. The number of rotatable bonds is 6. The number of aromatic nitrogens is 4. The van der Waals surface area contributed by atoms with Crippen LogP contribution >= 0.6 is 11.8 Å². The molecule has 2 heterocycles. The van der Waals surface area contributed by atoms with Crippen molar-refractivity contribution in [2.24, 2.45) is 0 Å². The van der Waals surface area contributed by atoms with Crippen LogP contribution in [0.15, 0.2) is 41.7 Å². The van der Waals surface area contributed by atoms with Crippen molar-refractivity contribution in [2.45, 2.75) is 17.8 Å². The summed E-state index contributed by atoms with van der Waals surface area (Å²) in [6.45, 7) is 2.02. The Kier molecular flexibility index (Phi) is 5.00. The Hall–Kier alpha value is -2.54. The van der Waals surface area contributed by atoms with Crippen LogP contribution < -0.4 is 9.47 Å². The van der Waals surface area contributed by atoms with Gasteiger partial charge in [0.05, 0.1) is 25.5 Å². The van der Waals surface area contributed by atoms with Gasteiger partial charge < -0.3 is 9.47 Å². The highest BCUT2D eigenvalue weighted by atomic mass is 32.2. The highest BCUT2D eigenvalue weighted by Crippen LogP contribution is 2.32. The van der Waals surface area contributed by atoms with Crippen molar-refractivity contribution in [1.29, 1.82) is 0 Å². The van der Waals surface area contributed by atoms with E-state index in [0.717, 1.165) is 33.5 Å². The number of aromatic amines is 1. The Bertz CT molecular complexity index is 818. The summed E-state index contributed by atoms with van der Waals surface area (Å²) in [5.74, 6) is 2.72. The molecule has 0 radical (unpaired) electrons. The smallest absolute Gasteiger partial charge is 0.185 e. The molecule has 0 amide bonds. The number of methoxy groups -OCH3 is 2. The molecule has 0 bridgehead atoms. The molecule has 0 fully saturated rings. The van der Waals surface area contributed by atoms with Crippen LogP contribution in [0.2, 0.25) is 0 Å². The van der Waals surface area contributed by atoms with Crippen LogP contribution in [0.1, 0.15) is 11.3 Å². The highest BCUT2D eigenvalue weighted by molar-refractivity contribution is 7.98. The molecule has 124 valence electrons. The van der Waals surface area contributed by atoms with Crippen LogP contribution in [0.3, 0.4) is 0 Å². The molecule has 0 aliphatic rings. The van der Waals surface area contributed by atoms with Gasteiger partial charge in [0.25, 0.3) is 0 Å². The minimum absolute atomic E-state index is 0.592. The van der Waals surface area contributed by atoms with Crippen molar-refractivity contribution in [2.75, 3.05) is 14.2 Å². The lowest BCUT2D eigenvalue weighted by molar-refractivity contribution is 0.395. The Morgan fingerprint density at radius 2 is 2.00 bits per heavy atom. The molecule has 0 spiro atoms. The molecule has 24 heavy (non-hydrogen) atoms. The van der Waals surface area contributed by atoms with E-state index in [-0.39, 0.29) is 0 Å². The maximum atomic E-state index is 5.40. The molecule has 1 aromatic carbocycles. The minimum atomic E-state index is 0.592. The summed E-state index contributed by atoms with van der Waals surface area (Å²) in [6.07, 6.45) is 1.87. The van der Waals surface area contributed by atoms with Gasteiger partial charge in [-0.2, -0.15) is 5.10 Å². The SMILES string of the molecule is COc1ccc(-c2n[nH]c(SCc3ccc(C)cn3)n2)c(OC)c1. The van der Waals surface area contributed by atoms with Crippen molar-refractivity contribution < 1.29 is 9.47 Å². The van der Waals surface area contributed by atoms with E-state index in [9.17, 15) is 0 Å². The van der Waals surface area contributed by atoms with E-state index in [1.807, 2.05) is 37.4 Å². The topological polar surface area (TPSA) is 72.9 Å². The van der Waals surface area contributed by atoms with Gasteiger partial charge >= 0.3 is 0 Å². The fourth-order valence-corrected chi connectivity index (χ4v) is 2.86. The normalized spacial score (nSPS) is 10.6. The van der Waals surface area contributed by atoms with E-state index in [1.165, 1.54) is 0 Å². The molecule has 1 N–H and O–H groups in total. The molecule has 0 unspecified atom stereocenters. The van der Waals surface area contributed by atoms with Gasteiger partial charge in [0, 0.05) is 18.0 Å². The van der Waals surface area contributed by atoms with Gasteiger partial charge in [-0.25, -0.2) is 4.98 Å². The van der Waals surface area contributed by atoms with Crippen molar-refractivity contribution in [3.63, 3.8) is 0 Å². The maximum Gasteiger partial charge on any atom is 0.185 e. The molecule has 3 aromatic rings. The number of thioether (sulfide) groups is 1. The van der Waals surface area contributed by atoms with E-state index in [1.54, 1.807) is 26.0 Å². The third-order valence-electron chi connectivity index (χ3n) is 3.44. The van der Waals surface area contributed by atoms with E-state index in [0.29, 0.717) is 11.6 Å². The van der Waals surface area contributed by atoms with Gasteiger partial charge in [0.1, 0.15) is 11.5 Å². The summed E-state index contributed by atoms with van der Waals surface area (Å²) in [5.41, 5.74) is 2.97. The third kappa shape index (κ3) is 3.68. The zero-order valence-corrected chi connectivity index (χ0v) is 14.6. The number of ether oxygens (including phenoxy) is 2. The Morgan fingerprint density at radius 1 is 1.12 bits per heavy atom. The molecule has 0 aliphatic carbocycles. The number of H-pyrrole nitrogens is 1. The van der Waals surface area contributed by atoms with Gasteiger partial charge in [-0.3, -0.25) is 10.1 Å². The standard InChI is InChI=1S/C17H18N4O2S/c1-11-4-5-12(18-9-11)10-24-17-19-16(20-21-17)14-7-6-13(22-2)8-15(14)23-3/h4-9H,10H2,1-3H3,(H,19,20,21). The summed E-state index contributed by atoms with van der Waals surface area (Å²) < 4.78 is 10.6. The maximum absolute atomic E-state index is 5.40. The lowest BCUT2D eigenvalue weighted by Crippen LogP contribution is -1.91. The summed E-state index contributed by atoms with van der Waals surface area (Å²) in [6, 6.07) is 9.63. The molecular weight excluding hydrogens is 324 g/mol. The zero-order valence-electron chi connectivity index (χ0n) is 13.7. The van der Waals surface area contributed by atoms with E-state index >= 15 is 0 Å². The molecule has 3 rings (SSSR count). The van der Waals surface area contributed by atoms with Crippen LogP contribution in [0.4, 0.5) is 0 Å². The van der Waals surface area contributed by atoms with Crippen LogP contribution in [-0.2, 0) is 5.75 Å². The summed E-state index contributed by atoms with van der Waals surface area (Å²) >= 11 is 1.56. The number of nitrogens with zero attached hydrogens (tertiary/aromatic N) is 3. The number of hydrogen-bond donors (Lipinski definition) is 1. The molecule has 6 nitrogen and oxygen atoms in total. The molecule has 2 aromatic heterocycles. The Balaban J connectivity index is 1.74. The monoisotopic (exact) mass is 342 g/mol. The van der Waals surface area contributed by atoms with Gasteiger partial charge in [-0.05, 0) is 30.7 Å². The van der Waals surface area contributed by atoms with Gasteiger partial charge in [0.2, 0.25) is 0 Å². The number of pyridine rings is 1. The Morgan fingerprint density at radius 3 is 2.71 bits per heavy atom. The first-order valence-electron chi connectivity index (χ1n) is 7.38. The first kappa shape index (κ1) is 16.3. The van der Waals surface area contributed by atoms with Crippen molar-refractivity contribution >= 4 is 11.8 Å². The van der Waals surface area contributed by atoms with E-state index < -0.39 is 0 Å². The molecule has 7 heteroatoms. The number of aryl methyl sites for hydroxylation is 1. The number of hydrogen-bond acceptors (Lipinski definition) is 6. The predicted octanol–water partition coefficient (Wildman–Crippen LogP) is 3.48. The van der Waals surface area contributed by atoms with Gasteiger partial charge in [-0.1, -0.05) is 17.8 Å². The lowest BCUT2D eigenvalue weighted by atomic mass is 10.2. The summed E-state index contributed by atoms with van der Waals surface area (Å²) in [7, 11) is 3.23. The van der Waals surface area contributed by atoms with Crippen LogP contribution in [0.25, 0.3) is 11.4 Å². The van der Waals surface area contributed by atoms with Gasteiger partial charge in [-0.15, -0.1) is 0 Å². The fraction of sp³-hybridized carbons (Fsp3) is 0.235. The minimum Gasteiger partial charge on any atom is -0.497 e. The average molecular weight is 342 g/mol. The molecule has 0 atom stereocenters.